The zero-order valence-corrected chi connectivity index (χ0v) is 25.2. The quantitative estimate of drug-likeness (QED) is 0.313. The second-order valence-electron chi connectivity index (χ2n) is 9.81. The van der Waals surface area contributed by atoms with Crippen LogP contribution in [0.1, 0.15) is 37.5 Å². The fourth-order valence-electron chi connectivity index (χ4n) is 4.23. The lowest BCUT2D eigenvalue weighted by atomic mass is 10.0. The van der Waals surface area contributed by atoms with E-state index >= 15 is 0 Å². The Morgan fingerprint density at radius 3 is 2.00 bits per heavy atom. The molecule has 2 amide bonds. The van der Waals surface area contributed by atoms with Gasteiger partial charge in [0.2, 0.25) is 21.8 Å². The van der Waals surface area contributed by atoms with Gasteiger partial charge in [0.15, 0.2) is 0 Å². The van der Waals surface area contributed by atoms with E-state index in [4.69, 9.17) is 0 Å². The second kappa shape index (κ2) is 13.8. The molecule has 3 rings (SSSR count). The zero-order valence-electron chi connectivity index (χ0n) is 22.8. The molecule has 1 N–H and O–H groups in total. The molecule has 0 aliphatic rings. The number of hydrogen-bond donors (Lipinski definition) is 1. The van der Waals surface area contributed by atoms with Crippen LogP contribution in [0.2, 0.25) is 0 Å². The van der Waals surface area contributed by atoms with Crippen molar-refractivity contribution in [3.63, 3.8) is 0 Å². The highest BCUT2D eigenvalue weighted by Gasteiger charge is 2.33. The molecule has 0 bridgehead atoms. The first-order chi connectivity index (χ1) is 18.5. The number of carbonyl (C=O) groups excluding carboxylic acids is 2. The van der Waals surface area contributed by atoms with E-state index < -0.39 is 28.5 Å². The van der Waals surface area contributed by atoms with Crippen molar-refractivity contribution in [3.05, 3.63) is 100 Å². The van der Waals surface area contributed by atoms with Gasteiger partial charge in [-0.05, 0) is 61.2 Å². The number of halogens is 1. The van der Waals surface area contributed by atoms with Crippen LogP contribution in [0.25, 0.3) is 0 Å². The molecule has 39 heavy (non-hydrogen) atoms. The van der Waals surface area contributed by atoms with Crippen LogP contribution in [-0.4, -0.2) is 50.0 Å². The first kappa shape index (κ1) is 30.4. The number of benzene rings is 3. The standard InChI is InChI=1S/C30H36BrN3O4S/c1-5-23-13-17-27(18-14-23)34(39(4,37)38)21-29(35)33(20-25-11-15-26(31)16-12-25)28(30(36)32-22(2)3)19-24-9-7-6-8-10-24/h6-18,22,28H,5,19-21H2,1-4H3,(H,32,36)/t28-/m1/s1. The SMILES string of the molecule is CCc1ccc(N(CC(=O)N(Cc2ccc(Br)cc2)[C@H](Cc2ccccc2)C(=O)NC(C)C)S(C)(=O)=O)cc1. The van der Waals surface area contributed by atoms with Crippen LogP contribution in [-0.2, 0) is 39.0 Å². The van der Waals surface area contributed by atoms with Crippen molar-refractivity contribution in [1.82, 2.24) is 10.2 Å². The molecule has 1 atom stereocenters. The average molecular weight is 615 g/mol. The molecule has 0 aliphatic heterocycles. The summed E-state index contributed by atoms with van der Waals surface area (Å²) >= 11 is 3.44. The topological polar surface area (TPSA) is 86.8 Å². The largest absolute Gasteiger partial charge is 0.352 e. The Kier molecular flexibility index (Phi) is 10.7. The minimum absolute atomic E-state index is 0.134. The van der Waals surface area contributed by atoms with Gasteiger partial charge in [0.05, 0.1) is 11.9 Å². The Balaban J connectivity index is 2.03. The molecule has 208 valence electrons. The lowest BCUT2D eigenvalue weighted by molar-refractivity contribution is -0.140. The van der Waals surface area contributed by atoms with Crippen molar-refractivity contribution < 1.29 is 18.0 Å². The van der Waals surface area contributed by atoms with Gasteiger partial charge in [0.1, 0.15) is 12.6 Å². The van der Waals surface area contributed by atoms with Crippen LogP contribution in [0, 0.1) is 0 Å². The number of nitrogens with one attached hydrogen (secondary N) is 1. The van der Waals surface area contributed by atoms with Gasteiger partial charge in [0.25, 0.3) is 0 Å². The summed E-state index contributed by atoms with van der Waals surface area (Å²) in [5, 5.41) is 2.95. The summed E-state index contributed by atoms with van der Waals surface area (Å²) < 4.78 is 27.7. The van der Waals surface area contributed by atoms with Crippen LogP contribution >= 0.6 is 15.9 Å². The maximum atomic E-state index is 14.0. The van der Waals surface area contributed by atoms with Gasteiger partial charge >= 0.3 is 0 Å². The number of anilines is 1. The van der Waals surface area contributed by atoms with E-state index in [1.807, 2.05) is 87.5 Å². The van der Waals surface area contributed by atoms with Crippen LogP contribution in [0.5, 0.6) is 0 Å². The Morgan fingerprint density at radius 2 is 1.46 bits per heavy atom. The third kappa shape index (κ3) is 8.93. The van der Waals surface area contributed by atoms with Crippen molar-refractivity contribution in [3.8, 4) is 0 Å². The molecule has 3 aromatic rings. The molecule has 0 radical (unpaired) electrons. The highest BCUT2D eigenvalue weighted by molar-refractivity contribution is 9.10. The van der Waals surface area contributed by atoms with Crippen molar-refractivity contribution in [2.24, 2.45) is 0 Å². The minimum Gasteiger partial charge on any atom is -0.352 e. The molecule has 9 heteroatoms. The zero-order chi connectivity index (χ0) is 28.6. The van der Waals surface area contributed by atoms with Gasteiger partial charge in [-0.1, -0.05) is 77.5 Å². The lowest BCUT2D eigenvalue weighted by Gasteiger charge is -2.34. The van der Waals surface area contributed by atoms with E-state index in [2.05, 4.69) is 21.2 Å². The molecule has 0 saturated heterocycles. The molecular formula is C30H36BrN3O4S. The van der Waals surface area contributed by atoms with Gasteiger partial charge in [0, 0.05) is 23.5 Å². The van der Waals surface area contributed by atoms with E-state index in [9.17, 15) is 18.0 Å². The fourth-order valence-corrected chi connectivity index (χ4v) is 5.35. The molecule has 0 aliphatic carbocycles. The smallest absolute Gasteiger partial charge is 0.244 e. The Hall–Kier alpha value is -3.17. The summed E-state index contributed by atoms with van der Waals surface area (Å²) in [5.41, 5.74) is 3.17. The summed E-state index contributed by atoms with van der Waals surface area (Å²) in [4.78, 5) is 29.0. The molecular weight excluding hydrogens is 578 g/mol. The summed E-state index contributed by atoms with van der Waals surface area (Å²) in [6.45, 7) is 5.46. The first-order valence-corrected chi connectivity index (χ1v) is 15.6. The van der Waals surface area contributed by atoms with Crippen molar-refractivity contribution in [2.45, 2.75) is 52.2 Å². The molecule has 0 fully saturated rings. The highest BCUT2D eigenvalue weighted by atomic mass is 79.9. The van der Waals surface area contributed by atoms with E-state index in [0.29, 0.717) is 5.69 Å². The maximum absolute atomic E-state index is 14.0. The van der Waals surface area contributed by atoms with Gasteiger partial charge in [-0.15, -0.1) is 0 Å². The summed E-state index contributed by atoms with van der Waals surface area (Å²) in [7, 11) is -3.79. The van der Waals surface area contributed by atoms with Crippen molar-refractivity contribution in [1.29, 1.82) is 0 Å². The number of aryl methyl sites for hydroxylation is 1. The number of sulfonamides is 1. The molecule has 0 heterocycles. The van der Waals surface area contributed by atoms with Crippen LogP contribution in [0.4, 0.5) is 5.69 Å². The van der Waals surface area contributed by atoms with Gasteiger partial charge < -0.3 is 10.2 Å². The van der Waals surface area contributed by atoms with Gasteiger partial charge in [-0.3, -0.25) is 13.9 Å². The summed E-state index contributed by atoms with van der Waals surface area (Å²) in [6.07, 6.45) is 2.18. The molecule has 0 spiro atoms. The van der Waals surface area contributed by atoms with E-state index in [0.717, 1.165) is 38.1 Å². The Labute approximate surface area is 240 Å². The van der Waals surface area contributed by atoms with Crippen LogP contribution in [0.3, 0.4) is 0 Å². The Bertz CT molecular complexity index is 1350. The summed E-state index contributed by atoms with van der Waals surface area (Å²) in [6, 6.07) is 23.1. The summed E-state index contributed by atoms with van der Waals surface area (Å²) in [5.74, 6) is -0.764. The highest BCUT2D eigenvalue weighted by Crippen LogP contribution is 2.22. The van der Waals surface area contributed by atoms with E-state index in [-0.39, 0.29) is 24.9 Å². The molecule has 7 nitrogen and oxygen atoms in total. The van der Waals surface area contributed by atoms with Crippen molar-refractivity contribution in [2.75, 3.05) is 17.1 Å². The third-order valence-corrected chi connectivity index (χ3v) is 7.95. The predicted octanol–water partition coefficient (Wildman–Crippen LogP) is 4.94. The number of hydrogen-bond acceptors (Lipinski definition) is 4. The first-order valence-electron chi connectivity index (χ1n) is 12.9. The Morgan fingerprint density at radius 1 is 0.872 bits per heavy atom. The third-order valence-electron chi connectivity index (χ3n) is 6.28. The molecule has 0 unspecified atom stereocenters. The maximum Gasteiger partial charge on any atom is 0.244 e. The predicted molar refractivity (Wildman–Crippen MR) is 160 cm³/mol. The monoisotopic (exact) mass is 613 g/mol. The van der Waals surface area contributed by atoms with Crippen LogP contribution < -0.4 is 9.62 Å². The number of carbonyl (C=O) groups is 2. The average Bonchev–Trinajstić information content (AvgIpc) is 2.90. The number of nitrogens with zero attached hydrogens (tertiary/aromatic N) is 2. The molecule has 0 aromatic heterocycles. The normalized spacial score (nSPS) is 12.2. The number of amides is 2. The van der Waals surface area contributed by atoms with Gasteiger partial charge in [-0.2, -0.15) is 0 Å². The van der Waals surface area contributed by atoms with Crippen LogP contribution in [0.15, 0.2) is 83.3 Å². The second-order valence-corrected chi connectivity index (χ2v) is 12.6. The molecule has 0 saturated carbocycles. The van der Waals surface area contributed by atoms with Gasteiger partial charge in [-0.25, -0.2) is 8.42 Å². The fraction of sp³-hybridized carbons (Fsp3) is 0.333. The van der Waals surface area contributed by atoms with Crippen molar-refractivity contribution >= 4 is 43.5 Å². The minimum atomic E-state index is -3.79. The number of rotatable bonds is 12. The molecule has 3 aromatic carbocycles. The lowest BCUT2D eigenvalue weighted by Crippen LogP contribution is -2.54. The van der Waals surface area contributed by atoms with E-state index in [1.165, 1.54) is 4.90 Å². The van der Waals surface area contributed by atoms with E-state index in [1.54, 1.807) is 12.1 Å².